The number of aromatic nitrogens is 2. The molecule has 2 aliphatic rings. The van der Waals surface area contributed by atoms with Gasteiger partial charge in [0, 0.05) is 50.3 Å². The van der Waals surface area contributed by atoms with Gasteiger partial charge in [-0.25, -0.2) is 4.98 Å². The summed E-state index contributed by atoms with van der Waals surface area (Å²) in [7, 11) is 0. The molecule has 0 atom stereocenters. The molecule has 5 heteroatoms. The summed E-state index contributed by atoms with van der Waals surface area (Å²) in [6.07, 6.45) is 2.97. The highest BCUT2D eigenvalue weighted by molar-refractivity contribution is 5.68. The molecule has 1 fully saturated rings. The number of anilines is 4. The maximum Gasteiger partial charge on any atom is 0.227 e. The molecule has 0 radical (unpaired) electrons. The molecule has 0 saturated carbocycles. The Morgan fingerprint density at radius 1 is 0.704 bits per heavy atom. The van der Waals surface area contributed by atoms with E-state index in [4.69, 9.17) is 4.98 Å². The molecule has 0 amide bonds. The lowest BCUT2D eigenvalue weighted by atomic mass is 10.2. The minimum absolute atomic E-state index is 0.838. The number of fused-ring (bicyclic) bond motifs is 1. The maximum absolute atomic E-state index is 4.90. The van der Waals surface area contributed by atoms with Gasteiger partial charge in [0.25, 0.3) is 0 Å². The lowest BCUT2D eigenvalue weighted by Gasteiger charge is -2.36. The van der Waals surface area contributed by atoms with Gasteiger partial charge in [0.05, 0.1) is 0 Å². The van der Waals surface area contributed by atoms with Crippen molar-refractivity contribution >= 4 is 23.1 Å². The first kappa shape index (κ1) is 16.1. The zero-order valence-corrected chi connectivity index (χ0v) is 15.3. The summed E-state index contributed by atoms with van der Waals surface area (Å²) in [6, 6.07) is 21.2. The predicted molar refractivity (Wildman–Crippen MR) is 110 cm³/mol. The van der Waals surface area contributed by atoms with Crippen molar-refractivity contribution in [3.05, 3.63) is 72.4 Å². The Balaban J connectivity index is 1.32. The number of benzene rings is 2. The summed E-state index contributed by atoms with van der Waals surface area (Å²) >= 11 is 0. The highest BCUT2D eigenvalue weighted by Gasteiger charge is 2.23. The van der Waals surface area contributed by atoms with E-state index < -0.39 is 0 Å². The minimum atomic E-state index is 0.838. The SMILES string of the molecule is c1ccc(N2CCN(c3nccc(N4CCc5ccccc54)n3)CC2)cc1. The van der Waals surface area contributed by atoms with Crippen molar-refractivity contribution in [1.29, 1.82) is 0 Å². The van der Waals surface area contributed by atoms with E-state index in [0.717, 1.165) is 50.9 Å². The first-order chi connectivity index (χ1) is 13.4. The molecule has 0 unspecified atom stereocenters. The highest BCUT2D eigenvalue weighted by Crippen LogP contribution is 2.33. The maximum atomic E-state index is 4.90. The fourth-order valence-corrected chi connectivity index (χ4v) is 4.02. The second-order valence-corrected chi connectivity index (χ2v) is 7.05. The van der Waals surface area contributed by atoms with Gasteiger partial charge >= 0.3 is 0 Å². The monoisotopic (exact) mass is 357 g/mol. The van der Waals surface area contributed by atoms with Crippen molar-refractivity contribution in [2.45, 2.75) is 6.42 Å². The van der Waals surface area contributed by atoms with Crippen molar-refractivity contribution in [2.24, 2.45) is 0 Å². The molecule has 27 heavy (non-hydrogen) atoms. The Hall–Kier alpha value is -3.08. The van der Waals surface area contributed by atoms with Crippen LogP contribution in [0, 0.1) is 0 Å². The average Bonchev–Trinajstić information content (AvgIpc) is 3.19. The first-order valence-corrected chi connectivity index (χ1v) is 9.62. The van der Waals surface area contributed by atoms with Gasteiger partial charge in [0.1, 0.15) is 5.82 Å². The third-order valence-electron chi connectivity index (χ3n) is 5.48. The van der Waals surface area contributed by atoms with Crippen LogP contribution in [0.5, 0.6) is 0 Å². The van der Waals surface area contributed by atoms with E-state index in [2.05, 4.69) is 74.3 Å². The van der Waals surface area contributed by atoms with Gasteiger partial charge in [-0.15, -0.1) is 0 Å². The van der Waals surface area contributed by atoms with Crippen LogP contribution >= 0.6 is 0 Å². The van der Waals surface area contributed by atoms with Crippen LogP contribution in [0.15, 0.2) is 66.9 Å². The van der Waals surface area contributed by atoms with Gasteiger partial charge < -0.3 is 14.7 Å². The summed E-state index contributed by atoms with van der Waals surface area (Å²) in [5.74, 6) is 1.83. The molecule has 5 rings (SSSR count). The van der Waals surface area contributed by atoms with E-state index in [0.29, 0.717) is 0 Å². The van der Waals surface area contributed by atoms with E-state index in [1.807, 2.05) is 12.3 Å². The second-order valence-electron chi connectivity index (χ2n) is 7.05. The first-order valence-electron chi connectivity index (χ1n) is 9.62. The third-order valence-corrected chi connectivity index (χ3v) is 5.48. The van der Waals surface area contributed by atoms with Crippen molar-refractivity contribution in [3.8, 4) is 0 Å². The van der Waals surface area contributed by atoms with Crippen LogP contribution in [0.1, 0.15) is 5.56 Å². The summed E-state index contributed by atoms with van der Waals surface area (Å²) < 4.78 is 0. The molecule has 5 nitrogen and oxygen atoms in total. The number of hydrogen-bond acceptors (Lipinski definition) is 5. The molecule has 0 spiro atoms. The number of piperazine rings is 1. The van der Waals surface area contributed by atoms with E-state index in [1.54, 1.807) is 0 Å². The molecular weight excluding hydrogens is 334 g/mol. The van der Waals surface area contributed by atoms with Gasteiger partial charge in [-0.3, -0.25) is 0 Å². The lowest BCUT2D eigenvalue weighted by Crippen LogP contribution is -2.47. The second kappa shape index (κ2) is 6.91. The van der Waals surface area contributed by atoms with E-state index in [-0.39, 0.29) is 0 Å². The topological polar surface area (TPSA) is 35.5 Å². The minimum Gasteiger partial charge on any atom is -0.368 e. The van der Waals surface area contributed by atoms with Crippen LogP contribution in [0.2, 0.25) is 0 Å². The zero-order chi connectivity index (χ0) is 18.1. The van der Waals surface area contributed by atoms with Gasteiger partial charge in [0.2, 0.25) is 5.95 Å². The molecule has 2 aromatic carbocycles. The van der Waals surface area contributed by atoms with Gasteiger partial charge in [-0.05, 0) is 36.2 Å². The van der Waals surface area contributed by atoms with Crippen molar-refractivity contribution in [3.63, 3.8) is 0 Å². The summed E-state index contributed by atoms with van der Waals surface area (Å²) in [5, 5.41) is 0. The Labute approximate surface area is 159 Å². The summed E-state index contributed by atoms with van der Waals surface area (Å²) in [5.41, 5.74) is 3.96. The van der Waals surface area contributed by atoms with E-state index >= 15 is 0 Å². The zero-order valence-electron chi connectivity index (χ0n) is 15.3. The largest absolute Gasteiger partial charge is 0.368 e. The Kier molecular flexibility index (Phi) is 4.13. The van der Waals surface area contributed by atoms with Crippen LogP contribution < -0.4 is 14.7 Å². The molecule has 1 aromatic heterocycles. The highest BCUT2D eigenvalue weighted by atomic mass is 15.3. The van der Waals surface area contributed by atoms with E-state index in [1.165, 1.54) is 16.9 Å². The fraction of sp³-hybridized carbons (Fsp3) is 0.273. The third kappa shape index (κ3) is 3.10. The van der Waals surface area contributed by atoms with Crippen LogP contribution in [-0.2, 0) is 6.42 Å². The number of nitrogens with zero attached hydrogens (tertiary/aromatic N) is 5. The Morgan fingerprint density at radius 3 is 2.30 bits per heavy atom. The van der Waals surface area contributed by atoms with E-state index in [9.17, 15) is 0 Å². The molecule has 136 valence electrons. The predicted octanol–water partition coefficient (Wildman–Crippen LogP) is 3.50. The summed E-state index contributed by atoms with van der Waals surface area (Å²) in [4.78, 5) is 16.5. The molecular formula is C22H23N5. The molecule has 0 N–H and O–H groups in total. The van der Waals surface area contributed by atoms with Gasteiger partial charge in [-0.2, -0.15) is 4.98 Å². The molecule has 0 aliphatic carbocycles. The standard InChI is InChI=1S/C22H23N5/c1-2-7-19(8-3-1)25-14-16-26(17-15-25)22-23-12-10-21(24-22)27-13-11-18-6-4-5-9-20(18)27/h1-10,12H,11,13-17H2. The van der Waals surface area contributed by atoms with Crippen LogP contribution in [-0.4, -0.2) is 42.7 Å². The normalized spacial score (nSPS) is 16.5. The van der Waals surface area contributed by atoms with Crippen LogP contribution in [0.25, 0.3) is 0 Å². The van der Waals surface area contributed by atoms with Crippen LogP contribution in [0.4, 0.5) is 23.1 Å². The van der Waals surface area contributed by atoms with Crippen LogP contribution in [0.3, 0.4) is 0 Å². The lowest BCUT2D eigenvalue weighted by molar-refractivity contribution is 0.640. The molecule has 2 aliphatic heterocycles. The molecule has 3 heterocycles. The average molecular weight is 357 g/mol. The number of hydrogen-bond donors (Lipinski definition) is 0. The molecule has 1 saturated heterocycles. The number of rotatable bonds is 3. The molecule has 3 aromatic rings. The Morgan fingerprint density at radius 2 is 1.44 bits per heavy atom. The van der Waals surface area contributed by atoms with Crippen molar-refractivity contribution in [1.82, 2.24) is 9.97 Å². The Bertz CT molecular complexity index is 919. The quantitative estimate of drug-likeness (QED) is 0.717. The van der Waals surface area contributed by atoms with Gasteiger partial charge in [-0.1, -0.05) is 36.4 Å². The van der Waals surface area contributed by atoms with Crippen molar-refractivity contribution < 1.29 is 0 Å². The number of para-hydroxylation sites is 2. The van der Waals surface area contributed by atoms with Crippen molar-refractivity contribution in [2.75, 3.05) is 47.4 Å². The fourth-order valence-electron chi connectivity index (χ4n) is 4.02. The smallest absolute Gasteiger partial charge is 0.227 e. The summed E-state index contributed by atoms with van der Waals surface area (Å²) in [6.45, 7) is 4.84. The van der Waals surface area contributed by atoms with Gasteiger partial charge in [0.15, 0.2) is 0 Å². The molecule has 0 bridgehead atoms.